The number of carboxylic acids is 1. The lowest BCUT2D eigenvalue weighted by atomic mass is 10.1. The Balaban J connectivity index is 1.45. The van der Waals surface area contributed by atoms with Gasteiger partial charge in [0, 0.05) is 10.9 Å². The molecule has 0 aliphatic carbocycles. The van der Waals surface area contributed by atoms with Crippen molar-refractivity contribution in [3.8, 4) is 11.3 Å². The molecule has 1 amide bonds. The van der Waals surface area contributed by atoms with Crippen LogP contribution in [0.25, 0.3) is 22.2 Å². The average Bonchev–Trinajstić information content (AvgIpc) is 3.27. The number of carboxylic acid groups (broad SMARTS) is 1. The van der Waals surface area contributed by atoms with Gasteiger partial charge in [-0.3, -0.25) is 14.6 Å². The van der Waals surface area contributed by atoms with Crippen LogP contribution < -0.4 is 10.0 Å². The van der Waals surface area contributed by atoms with Gasteiger partial charge in [0.1, 0.15) is 11.6 Å². The molecule has 0 radical (unpaired) electrons. The van der Waals surface area contributed by atoms with Crippen molar-refractivity contribution in [3.05, 3.63) is 78.7 Å². The summed E-state index contributed by atoms with van der Waals surface area (Å²) in [7, 11) is -4.01. The molecule has 0 spiro atoms. The van der Waals surface area contributed by atoms with Crippen LogP contribution in [0.4, 0.5) is 5.69 Å². The molecule has 35 heavy (non-hydrogen) atoms. The highest BCUT2D eigenvalue weighted by atomic mass is 32.2. The monoisotopic (exact) mass is 493 g/mol. The normalized spacial score (nSPS) is 12.5. The number of pyridine rings is 1. The van der Waals surface area contributed by atoms with Gasteiger partial charge < -0.3 is 14.8 Å². The molecule has 4 aromatic rings. The number of aromatic nitrogens is 1. The lowest BCUT2D eigenvalue weighted by Crippen LogP contribution is -2.44. The molecule has 10 heteroatoms. The number of nitrogens with zero attached hydrogens (tertiary/aromatic N) is 1. The number of furan rings is 1. The third-order valence-corrected chi connectivity index (χ3v) is 6.80. The average molecular weight is 494 g/mol. The first-order valence-corrected chi connectivity index (χ1v) is 12.2. The van der Waals surface area contributed by atoms with Crippen molar-refractivity contribution in [2.45, 2.75) is 24.8 Å². The molecule has 1 atom stereocenters. The Morgan fingerprint density at radius 2 is 1.71 bits per heavy atom. The van der Waals surface area contributed by atoms with Crippen molar-refractivity contribution in [2.75, 3.05) is 5.32 Å². The number of carbonyl (C=O) groups excluding carboxylic acids is 1. The largest absolute Gasteiger partial charge is 0.480 e. The summed E-state index contributed by atoms with van der Waals surface area (Å²) in [5, 5.41) is 12.8. The zero-order valence-corrected chi connectivity index (χ0v) is 19.7. The summed E-state index contributed by atoms with van der Waals surface area (Å²) < 4.78 is 33.0. The van der Waals surface area contributed by atoms with E-state index in [2.05, 4.69) is 15.0 Å². The van der Waals surface area contributed by atoms with Crippen LogP contribution in [0.1, 0.15) is 24.4 Å². The molecular weight excluding hydrogens is 470 g/mol. The van der Waals surface area contributed by atoms with Crippen LogP contribution in [0, 0.1) is 5.92 Å². The number of carbonyl (C=O) groups is 2. The first-order valence-electron chi connectivity index (χ1n) is 10.8. The van der Waals surface area contributed by atoms with Gasteiger partial charge in [-0.05, 0) is 42.3 Å². The third kappa shape index (κ3) is 5.39. The van der Waals surface area contributed by atoms with E-state index in [4.69, 9.17) is 4.42 Å². The molecule has 0 aliphatic heterocycles. The van der Waals surface area contributed by atoms with Gasteiger partial charge in [-0.15, -0.1) is 0 Å². The van der Waals surface area contributed by atoms with Crippen molar-refractivity contribution in [2.24, 2.45) is 5.92 Å². The van der Waals surface area contributed by atoms with E-state index >= 15 is 0 Å². The van der Waals surface area contributed by atoms with Gasteiger partial charge in [0.05, 0.1) is 22.5 Å². The Morgan fingerprint density at radius 3 is 2.31 bits per heavy atom. The number of aliphatic carboxylic acids is 1. The molecule has 2 heterocycles. The summed E-state index contributed by atoms with van der Waals surface area (Å²) in [5.41, 5.74) is 2.30. The van der Waals surface area contributed by atoms with Crippen LogP contribution in [-0.2, 0) is 14.8 Å². The van der Waals surface area contributed by atoms with Crippen LogP contribution in [0.15, 0.2) is 82.2 Å². The fourth-order valence-electron chi connectivity index (χ4n) is 3.44. The molecule has 3 N–H and O–H groups in total. The number of fused-ring (bicyclic) bond motifs is 1. The summed E-state index contributed by atoms with van der Waals surface area (Å²) >= 11 is 0. The summed E-state index contributed by atoms with van der Waals surface area (Å²) in [6, 6.07) is 17.0. The lowest BCUT2D eigenvalue weighted by molar-refractivity contribution is -0.140. The number of anilines is 1. The van der Waals surface area contributed by atoms with Crippen LogP contribution in [0.2, 0.25) is 0 Å². The summed E-state index contributed by atoms with van der Waals surface area (Å²) in [4.78, 5) is 28.1. The van der Waals surface area contributed by atoms with Crippen LogP contribution in [0.3, 0.4) is 0 Å². The van der Waals surface area contributed by atoms with Crippen LogP contribution in [0.5, 0.6) is 0 Å². The molecule has 9 nitrogen and oxygen atoms in total. The number of rotatable bonds is 8. The molecule has 180 valence electrons. The van der Waals surface area contributed by atoms with Gasteiger partial charge in [0.2, 0.25) is 10.0 Å². The number of para-hydroxylation sites is 1. The highest BCUT2D eigenvalue weighted by Gasteiger charge is 2.28. The molecule has 0 bridgehead atoms. The molecule has 2 aromatic heterocycles. The molecular formula is C25H23N3O6S. The maximum atomic E-state index is 12.6. The second-order valence-electron chi connectivity index (χ2n) is 8.24. The van der Waals surface area contributed by atoms with E-state index < -0.39 is 33.9 Å². The first kappa shape index (κ1) is 24.1. The van der Waals surface area contributed by atoms with Crippen molar-refractivity contribution in [3.63, 3.8) is 0 Å². The predicted molar refractivity (Wildman–Crippen MR) is 130 cm³/mol. The smallest absolute Gasteiger partial charge is 0.322 e. The van der Waals surface area contributed by atoms with Crippen molar-refractivity contribution >= 4 is 38.6 Å². The van der Waals surface area contributed by atoms with Gasteiger partial charge in [-0.1, -0.05) is 44.2 Å². The number of sulfonamides is 1. The van der Waals surface area contributed by atoms with E-state index in [9.17, 15) is 23.1 Å². The predicted octanol–water partition coefficient (Wildman–Crippen LogP) is 4.13. The highest BCUT2D eigenvalue weighted by molar-refractivity contribution is 7.89. The zero-order chi connectivity index (χ0) is 25.2. The minimum Gasteiger partial charge on any atom is -0.480 e. The highest BCUT2D eigenvalue weighted by Crippen LogP contribution is 2.23. The van der Waals surface area contributed by atoms with E-state index in [-0.39, 0.29) is 10.7 Å². The standard InChI is InChI=1S/C25H23N3O6S/c1-15(2)23(25(30)31)28-35(32,33)19-10-7-16(8-11-19)20-12-9-18(14-26-20)27-24(29)22-13-17-5-3-4-6-21(17)34-22/h3-15,23,28H,1-2H3,(H,27,29)(H,30,31)/t23-/m0/s1. The second-order valence-corrected chi connectivity index (χ2v) is 9.95. The Bertz CT molecular complexity index is 1440. The van der Waals surface area contributed by atoms with Crippen LogP contribution in [-0.4, -0.2) is 36.4 Å². The second kappa shape index (κ2) is 9.69. The van der Waals surface area contributed by atoms with Gasteiger partial charge >= 0.3 is 5.97 Å². The van der Waals surface area contributed by atoms with E-state index in [1.165, 1.54) is 18.3 Å². The van der Waals surface area contributed by atoms with E-state index in [1.54, 1.807) is 50.2 Å². The third-order valence-electron chi connectivity index (χ3n) is 5.35. The van der Waals surface area contributed by atoms with E-state index in [0.717, 1.165) is 5.39 Å². The number of benzene rings is 2. The molecule has 0 unspecified atom stereocenters. The number of hydrogen-bond donors (Lipinski definition) is 3. The fraction of sp³-hybridized carbons (Fsp3) is 0.160. The summed E-state index contributed by atoms with van der Waals surface area (Å²) in [6.45, 7) is 3.25. The van der Waals surface area contributed by atoms with Gasteiger partial charge in [-0.25, -0.2) is 8.42 Å². The van der Waals surface area contributed by atoms with Gasteiger partial charge in [-0.2, -0.15) is 4.72 Å². The number of nitrogens with one attached hydrogen (secondary N) is 2. The summed E-state index contributed by atoms with van der Waals surface area (Å²) in [5.74, 6) is -1.88. The van der Waals surface area contributed by atoms with Crippen LogP contribution >= 0.6 is 0 Å². The Hall–Kier alpha value is -4.02. The first-order chi connectivity index (χ1) is 16.6. The molecule has 4 rings (SSSR count). The van der Waals surface area contributed by atoms with Gasteiger partial charge in [0.25, 0.3) is 5.91 Å². The van der Waals surface area contributed by atoms with E-state index in [0.29, 0.717) is 22.5 Å². The Labute approximate surface area is 201 Å². The molecule has 2 aromatic carbocycles. The van der Waals surface area contributed by atoms with Gasteiger partial charge in [0.15, 0.2) is 5.76 Å². The van der Waals surface area contributed by atoms with Crippen molar-refractivity contribution in [1.29, 1.82) is 0 Å². The van der Waals surface area contributed by atoms with E-state index in [1.807, 2.05) is 18.2 Å². The zero-order valence-electron chi connectivity index (χ0n) is 18.9. The minimum absolute atomic E-state index is 0.0529. The Kier molecular flexibility index (Phi) is 6.68. The molecule has 0 fully saturated rings. The lowest BCUT2D eigenvalue weighted by Gasteiger charge is -2.18. The van der Waals surface area contributed by atoms with Crippen molar-refractivity contribution < 1.29 is 27.5 Å². The molecule has 0 saturated heterocycles. The number of hydrogen-bond acceptors (Lipinski definition) is 6. The summed E-state index contributed by atoms with van der Waals surface area (Å²) in [6.07, 6.45) is 1.49. The Morgan fingerprint density at radius 1 is 1.00 bits per heavy atom. The fourth-order valence-corrected chi connectivity index (χ4v) is 4.77. The van der Waals surface area contributed by atoms with Crippen molar-refractivity contribution in [1.82, 2.24) is 9.71 Å². The maximum Gasteiger partial charge on any atom is 0.322 e. The minimum atomic E-state index is -4.01. The SMILES string of the molecule is CC(C)[C@H](NS(=O)(=O)c1ccc(-c2ccc(NC(=O)c3cc4ccccc4o3)cn2)cc1)C(=O)O. The quantitative estimate of drug-likeness (QED) is 0.335. The molecule has 0 saturated carbocycles. The maximum absolute atomic E-state index is 12.6. The number of amides is 1. The topological polar surface area (TPSA) is 139 Å². The molecule has 0 aliphatic rings.